The summed E-state index contributed by atoms with van der Waals surface area (Å²) in [6.07, 6.45) is 8.68. The summed E-state index contributed by atoms with van der Waals surface area (Å²) in [7, 11) is 0. The first-order chi connectivity index (χ1) is 12.2. The van der Waals surface area contributed by atoms with Crippen LogP contribution in [0.25, 0.3) is 0 Å². The molecule has 124 valence electrons. The van der Waals surface area contributed by atoms with Crippen LogP contribution in [0.5, 0.6) is 0 Å². The molecule has 0 aliphatic rings. The number of hydrogen-bond donors (Lipinski definition) is 0. The number of rotatable bonds is 8. The maximum atomic E-state index is 10.8. The van der Waals surface area contributed by atoms with Crippen molar-refractivity contribution in [3.63, 3.8) is 0 Å². The van der Waals surface area contributed by atoms with E-state index in [1.807, 2.05) is 24.3 Å². The van der Waals surface area contributed by atoms with Crippen LogP contribution in [0.1, 0.15) is 22.3 Å². The Labute approximate surface area is 147 Å². The normalized spacial score (nSPS) is 9.60. The molecule has 0 N–H and O–H groups in total. The van der Waals surface area contributed by atoms with E-state index in [1.54, 1.807) is 30.4 Å². The highest BCUT2D eigenvalue weighted by atomic mass is 16.1. The molecule has 2 aromatic carbocycles. The van der Waals surface area contributed by atoms with Crippen molar-refractivity contribution < 1.29 is 9.59 Å². The smallest absolute Gasteiger partial charge is 0.211 e. The fourth-order valence-corrected chi connectivity index (χ4v) is 2.72. The second-order valence-electron chi connectivity index (χ2n) is 5.50. The first-order valence-corrected chi connectivity index (χ1v) is 7.83. The molecule has 2 aromatic rings. The maximum absolute atomic E-state index is 10.8. The third-order valence-electron chi connectivity index (χ3n) is 3.73. The molecule has 4 nitrogen and oxygen atoms in total. The zero-order valence-corrected chi connectivity index (χ0v) is 13.9. The molecule has 0 saturated carbocycles. The van der Waals surface area contributed by atoms with E-state index < -0.39 is 0 Å². The zero-order chi connectivity index (χ0) is 18.1. The van der Waals surface area contributed by atoms with Crippen LogP contribution < -0.4 is 0 Å². The number of hydrogen-bond acceptors (Lipinski definition) is 4. The Kier molecular flexibility index (Phi) is 6.56. The van der Waals surface area contributed by atoms with Gasteiger partial charge in [-0.05, 0) is 53.6 Å². The van der Waals surface area contributed by atoms with Gasteiger partial charge in [0, 0.05) is 0 Å². The van der Waals surface area contributed by atoms with E-state index in [9.17, 15) is 9.59 Å². The van der Waals surface area contributed by atoms with Crippen LogP contribution in [0.15, 0.2) is 71.7 Å². The van der Waals surface area contributed by atoms with Crippen LogP contribution in [-0.2, 0) is 28.9 Å². The van der Waals surface area contributed by atoms with Crippen molar-refractivity contribution in [2.75, 3.05) is 0 Å². The highest BCUT2D eigenvalue weighted by Gasteiger charge is 2.10. The average Bonchev–Trinajstić information content (AvgIpc) is 2.60. The second kappa shape index (κ2) is 9.09. The predicted molar refractivity (Wildman–Crippen MR) is 99.1 cm³/mol. The number of nitrogens with zero attached hydrogens (tertiary/aromatic N) is 2. The van der Waals surface area contributed by atoms with Crippen LogP contribution in [0.4, 0.5) is 11.4 Å². The molecule has 2 rings (SSSR count). The van der Waals surface area contributed by atoms with E-state index in [4.69, 9.17) is 0 Å². The van der Waals surface area contributed by atoms with Crippen LogP contribution in [-0.4, -0.2) is 12.2 Å². The van der Waals surface area contributed by atoms with Crippen molar-refractivity contribution in [2.24, 2.45) is 9.98 Å². The molecule has 0 spiro atoms. The quantitative estimate of drug-likeness (QED) is 0.401. The van der Waals surface area contributed by atoms with E-state index in [0.717, 1.165) is 22.3 Å². The lowest BCUT2D eigenvalue weighted by molar-refractivity contribution is 0.564. The molecule has 0 bridgehead atoms. The van der Waals surface area contributed by atoms with Crippen LogP contribution in [0.2, 0.25) is 0 Å². The standard InChI is InChI=1S/C21H18N2O2/c1-3-5-18-12-17(13-19(6-4-2)21(18)23-15-25)11-16-7-9-20(10-8-16)22-14-24/h3-4,7-10,12-13H,1-2,5-6,11H2. The Morgan fingerprint density at radius 1 is 0.840 bits per heavy atom. The summed E-state index contributed by atoms with van der Waals surface area (Å²) in [4.78, 5) is 28.5. The summed E-state index contributed by atoms with van der Waals surface area (Å²) < 4.78 is 0. The fourth-order valence-electron chi connectivity index (χ4n) is 2.72. The van der Waals surface area contributed by atoms with Gasteiger partial charge in [-0.25, -0.2) is 9.59 Å². The first-order valence-electron chi connectivity index (χ1n) is 7.83. The molecule has 25 heavy (non-hydrogen) atoms. The number of isocyanates is 2. The molecule has 0 saturated heterocycles. The minimum Gasteiger partial charge on any atom is -0.211 e. The highest BCUT2D eigenvalue weighted by Crippen LogP contribution is 2.29. The summed E-state index contributed by atoms with van der Waals surface area (Å²) in [5, 5.41) is 0. The van der Waals surface area contributed by atoms with Crippen molar-refractivity contribution in [1.29, 1.82) is 0 Å². The van der Waals surface area contributed by atoms with Crippen LogP contribution >= 0.6 is 0 Å². The molecule has 0 unspecified atom stereocenters. The molecule has 0 radical (unpaired) electrons. The van der Waals surface area contributed by atoms with Gasteiger partial charge in [0.05, 0.1) is 11.4 Å². The van der Waals surface area contributed by atoms with Crippen molar-refractivity contribution in [2.45, 2.75) is 19.3 Å². The molecule has 0 aliphatic heterocycles. The Morgan fingerprint density at radius 3 is 1.88 bits per heavy atom. The number of aliphatic imine (C=N–C) groups is 2. The second-order valence-corrected chi connectivity index (χ2v) is 5.50. The van der Waals surface area contributed by atoms with Crippen molar-refractivity contribution in [3.8, 4) is 0 Å². The van der Waals surface area contributed by atoms with Gasteiger partial charge in [-0.2, -0.15) is 9.98 Å². The monoisotopic (exact) mass is 330 g/mol. The molecule has 0 aromatic heterocycles. The minimum atomic E-state index is 0.578. The Morgan fingerprint density at radius 2 is 1.40 bits per heavy atom. The van der Waals surface area contributed by atoms with Crippen LogP contribution in [0, 0.1) is 0 Å². The molecule has 0 fully saturated rings. The van der Waals surface area contributed by atoms with Gasteiger partial charge in [-0.3, -0.25) is 0 Å². The highest BCUT2D eigenvalue weighted by molar-refractivity contribution is 5.61. The number of allylic oxidation sites excluding steroid dienone is 2. The topological polar surface area (TPSA) is 58.9 Å². The fraction of sp³-hybridized carbons (Fsp3) is 0.143. The van der Waals surface area contributed by atoms with Gasteiger partial charge in [0.1, 0.15) is 0 Å². The molecular formula is C21H18N2O2. The third-order valence-corrected chi connectivity index (χ3v) is 3.73. The van der Waals surface area contributed by atoms with E-state index >= 15 is 0 Å². The lowest BCUT2D eigenvalue weighted by Gasteiger charge is -2.12. The summed E-state index contributed by atoms with van der Waals surface area (Å²) >= 11 is 0. The van der Waals surface area contributed by atoms with E-state index in [1.165, 1.54) is 6.08 Å². The van der Waals surface area contributed by atoms with Gasteiger partial charge >= 0.3 is 0 Å². The van der Waals surface area contributed by atoms with E-state index in [-0.39, 0.29) is 0 Å². The number of benzene rings is 2. The molecule has 4 heteroatoms. The summed E-state index contributed by atoms with van der Waals surface area (Å²) in [6.45, 7) is 7.54. The first kappa shape index (κ1) is 18.0. The van der Waals surface area contributed by atoms with Crippen LogP contribution in [0.3, 0.4) is 0 Å². The molecule has 0 heterocycles. The van der Waals surface area contributed by atoms with Gasteiger partial charge in [0.25, 0.3) is 0 Å². The average molecular weight is 330 g/mol. The zero-order valence-electron chi connectivity index (χ0n) is 13.9. The predicted octanol–water partition coefficient (Wildman–Crippen LogP) is 4.67. The Bertz CT molecular complexity index is 838. The van der Waals surface area contributed by atoms with Crippen molar-refractivity contribution in [3.05, 3.63) is 84.0 Å². The van der Waals surface area contributed by atoms with E-state index in [0.29, 0.717) is 30.6 Å². The van der Waals surface area contributed by atoms with Gasteiger partial charge < -0.3 is 0 Å². The molecule has 0 aliphatic carbocycles. The third kappa shape index (κ3) is 4.82. The summed E-state index contributed by atoms with van der Waals surface area (Å²) in [6, 6.07) is 11.5. The summed E-state index contributed by atoms with van der Waals surface area (Å²) in [5.74, 6) is 0. The number of carbonyl (C=O) groups excluding carboxylic acids is 2. The SMILES string of the molecule is C=CCc1cc(Cc2ccc(N=C=O)cc2)cc(CC=C)c1N=C=O. The van der Waals surface area contributed by atoms with E-state index in [2.05, 4.69) is 23.1 Å². The van der Waals surface area contributed by atoms with Gasteiger partial charge in [-0.15, -0.1) is 13.2 Å². The molecular weight excluding hydrogens is 312 g/mol. The lowest BCUT2D eigenvalue weighted by Crippen LogP contribution is -1.96. The van der Waals surface area contributed by atoms with Gasteiger partial charge in [0.2, 0.25) is 12.2 Å². The van der Waals surface area contributed by atoms with Gasteiger partial charge in [0.15, 0.2) is 0 Å². The Hall–Kier alpha value is -3.32. The van der Waals surface area contributed by atoms with Crippen molar-refractivity contribution >= 4 is 23.5 Å². The van der Waals surface area contributed by atoms with Gasteiger partial charge in [-0.1, -0.05) is 36.4 Å². The molecule has 0 atom stereocenters. The molecule has 0 amide bonds. The minimum absolute atomic E-state index is 0.578. The largest absolute Gasteiger partial charge is 0.240 e. The Balaban J connectivity index is 2.42. The lowest BCUT2D eigenvalue weighted by atomic mass is 9.95. The maximum Gasteiger partial charge on any atom is 0.240 e. The van der Waals surface area contributed by atoms with Crippen molar-refractivity contribution in [1.82, 2.24) is 0 Å². The summed E-state index contributed by atoms with van der Waals surface area (Å²) in [5.41, 5.74) is 5.30.